The first-order valence-electron chi connectivity index (χ1n) is 7.97. The highest BCUT2D eigenvalue weighted by atomic mass is 32.2. The number of amides is 1. The Kier molecular flexibility index (Phi) is 6.57. The van der Waals surface area contributed by atoms with E-state index in [1.54, 1.807) is 31.4 Å². The summed E-state index contributed by atoms with van der Waals surface area (Å²) in [6, 6.07) is 12.1. The van der Waals surface area contributed by atoms with Gasteiger partial charge in [-0.2, -0.15) is 0 Å². The van der Waals surface area contributed by atoms with E-state index in [-0.39, 0.29) is 18.9 Å². The van der Waals surface area contributed by atoms with Crippen LogP contribution in [-0.4, -0.2) is 34.2 Å². The summed E-state index contributed by atoms with van der Waals surface area (Å²) in [5.41, 5.74) is 0.999. The molecule has 0 radical (unpaired) electrons. The summed E-state index contributed by atoms with van der Waals surface area (Å²) in [5.74, 6) is 0.0230. The van der Waals surface area contributed by atoms with Crippen LogP contribution >= 0.6 is 0 Å². The third-order valence-corrected chi connectivity index (χ3v) is 4.85. The van der Waals surface area contributed by atoms with Crippen molar-refractivity contribution in [3.63, 3.8) is 0 Å². The second-order valence-electron chi connectivity index (χ2n) is 5.69. The summed E-state index contributed by atoms with van der Waals surface area (Å²) in [5, 5.41) is 2.74. The Hall–Kier alpha value is -2.61. The molecule has 0 spiro atoms. The SMILES string of the molecule is COc1ccc(NC(=O)CCCN(c2ccc(F)cc2)S(C)(=O)=O)cc1. The van der Waals surface area contributed by atoms with Gasteiger partial charge in [0.25, 0.3) is 0 Å². The predicted molar refractivity (Wildman–Crippen MR) is 99.4 cm³/mol. The van der Waals surface area contributed by atoms with Gasteiger partial charge in [0.2, 0.25) is 15.9 Å². The lowest BCUT2D eigenvalue weighted by Crippen LogP contribution is -2.31. The predicted octanol–water partition coefficient (Wildman–Crippen LogP) is 3.02. The van der Waals surface area contributed by atoms with Crippen LogP contribution in [0.3, 0.4) is 0 Å². The smallest absolute Gasteiger partial charge is 0.232 e. The molecule has 2 aromatic carbocycles. The van der Waals surface area contributed by atoms with E-state index < -0.39 is 15.8 Å². The van der Waals surface area contributed by atoms with Crippen molar-refractivity contribution in [1.82, 2.24) is 0 Å². The number of halogens is 1. The highest BCUT2D eigenvalue weighted by molar-refractivity contribution is 7.92. The topological polar surface area (TPSA) is 75.7 Å². The first-order chi connectivity index (χ1) is 12.3. The molecule has 1 amide bonds. The van der Waals surface area contributed by atoms with Gasteiger partial charge < -0.3 is 10.1 Å². The molecule has 0 aliphatic carbocycles. The summed E-state index contributed by atoms with van der Waals surface area (Å²) in [6.07, 6.45) is 1.56. The van der Waals surface area contributed by atoms with Crippen molar-refractivity contribution in [2.45, 2.75) is 12.8 Å². The van der Waals surface area contributed by atoms with Crippen LogP contribution in [-0.2, 0) is 14.8 Å². The van der Waals surface area contributed by atoms with Gasteiger partial charge >= 0.3 is 0 Å². The number of nitrogens with one attached hydrogen (secondary N) is 1. The van der Waals surface area contributed by atoms with Crippen LogP contribution in [0.25, 0.3) is 0 Å². The molecule has 2 aromatic rings. The second-order valence-corrected chi connectivity index (χ2v) is 7.60. The van der Waals surface area contributed by atoms with E-state index in [4.69, 9.17) is 4.74 Å². The van der Waals surface area contributed by atoms with E-state index in [0.29, 0.717) is 23.5 Å². The molecule has 6 nitrogen and oxygen atoms in total. The highest BCUT2D eigenvalue weighted by Gasteiger charge is 2.17. The molecule has 0 heterocycles. The first kappa shape index (κ1) is 19.7. The number of methoxy groups -OCH3 is 1. The third kappa shape index (κ3) is 5.73. The van der Waals surface area contributed by atoms with E-state index in [1.807, 2.05) is 0 Å². The quantitative estimate of drug-likeness (QED) is 0.764. The first-order valence-corrected chi connectivity index (χ1v) is 9.81. The number of anilines is 2. The minimum atomic E-state index is -3.53. The number of benzene rings is 2. The van der Waals surface area contributed by atoms with Gasteiger partial charge in [-0.3, -0.25) is 9.10 Å². The van der Waals surface area contributed by atoms with Crippen molar-refractivity contribution in [3.05, 3.63) is 54.3 Å². The van der Waals surface area contributed by atoms with Crippen LogP contribution in [0.2, 0.25) is 0 Å². The maximum atomic E-state index is 13.0. The number of hydrogen-bond donors (Lipinski definition) is 1. The van der Waals surface area contributed by atoms with Crippen molar-refractivity contribution in [1.29, 1.82) is 0 Å². The van der Waals surface area contributed by atoms with Crippen LogP contribution in [0.5, 0.6) is 5.75 Å². The van der Waals surface area contributed by atoms with Crippen LogP contribution < -0.4 is 14.4 Å². The summed E-state index contributed by atoms with van der Waals surface area (Å²) in [6.45, 7) is 0.125. The molecule has 0 atom stereocenters. The minimum absolute atomic E-state index is 0.125. The molecule has 1 N–H and O–H groups in total. The Morgan fingerprint density at radius 3 is 2.27 bits per heavy atom. The Labute approximate surface area is 152 Å². The van der Waals surface area contributed by atoms with Crippen molar-refractivity contribution >= 4 is 27.3 Å². The van der Waals surface area contributed by atoms with E-state index in [1.165, 1.54) is 24.3 Å². The molecule has 0 aromatic heterocycles. The van der Waals surface area contributed by atoms with Crippen molar-refractivity contribution in [2.75, 3.05) is 29.5 Å². The third-order valence-electron chi connectivity index (χ3n) is 3.65. The maximum Gasteiger partial charge on any atom is 0.232 e. The zero-order valence-corrected chi connectivity index (χ0v) is 15.4. The molecule has 0 aliphatic heterocycles. The van der Waals surface area contributed by atoms with Gasteiger partial charge in [-0.15, -0.1) is 0 Å². The normalized spacial score (nSPS) is 11.0. The lowest BCUT2D eigenvalue weighted by Gasteiger charge is -2.22. The average Bonchev–Trinajstić information content (AvgIpc) is 2.59. The molecule has 8 heteroatoms. The largest absolute Gasteiger partial charge is 0.497 e. The van der Waals surface area contributed by atoms with Crippen LogP contribution in [0.15, 0.2) is 48.5 Å². The highest BCUT2D eigenvalue weighted by Crippen LogP contribution is 2.19. The van der Waals surface area contributed by atoms with Gasteiger partial charge in [-0.25, -0.2) is 12.8 Å². The summed E-state index contributed by atoms with van der Waals surface area (Å²) in [4.78, 5) is 12.0. The molecule has 26 heavy (non-hydrogen) atoms. The molecule has 0 saturated heterocycles. The molecule has 0 fully saturated rings. The Morgan fingerprint density at radius 2 is 1.73 bits per heavy atom. The summed E-state index contributed by atoms with van der Waals surface area (Å²) < 4.78 is 43.2. The van der Waals surface area contributed by atoms with E-state index >= 15 is 0 Å². The van der Waals surface area contributed by atoms with Crippen molar-refractivity contribution < 1.29 is 22.3 Å². The lowest BCUT2D eigenvalue weighted by atomic mass is 10.2. The maximum absolute atomic E-state index is 13.0. The Bertz CT molecular complexity index is 836. The zero-order valence-electron chi connectivity index (χ0n) is 14.6. The van der Waals surface area contributed by atoms with E-state index in [9.17, 15) is 17.6 Å². The van der Waals surface area contributed by atoms with Gasteiger partial charge in [-0.1, -0.05) is 0 Å². The summed E-state index contributed by atoms with van der Waals surface area (Å²) >= 11 is 0. The Balaban J connectivity index is 1.92. The van der Waals surface area contributed by atoms with Crippen LogP contribution in [0.4, 0.5) is 15.8 Å². The van der Waals surface area contributed by atoms with Gasteiger partial charge in [0.15, 0.2) is 0 Å². The molecule has 0 aliphatic rings. The molecule has 0 unspecified atom stereocenters. The van der Waals surface area contributed by atoms with Gasteiger partial charge in [0.1, 0.15) is 11.6 Å². The number of hydrogen-bond acceptors (Lipinski definition) is 4. The molecule has 0 bridgehead atoms. The number of nitrogens with zero attached hydrogens (tertiary/aromatic N) is 1. The van der Waals surface area contributed by atoms with Gasteiger partial charge in [0.05, 0.1) is 19.1 Å². The van der Waals surface area contributed by atoms with Gasteiger partial charge in [-0.05, 0) is 55.0 Å². The molecule has 140 valence electrons. The number of sulfonamides is 1. The monoisotopic (exact) mass is 380 g/mol. The van der Waals surface area contributed by atoms with Gasteiger partial charge in [0, 0.05) is 18.7 Å². The van der Waals surface area contributed by atoms with Crippen LogP contribution in [0, 0.1) is 5.82 Å². The molecule has 0 saturated carbocycles. The number of rotatable bonds is 8. The number of carbonyl (C=O) groups is 1. The number of ether oxygens (including phenoxy) is 1. The van der Waals surface area contributed by atoms with Crippen molar-refractivity contribution in [3.8, 4) is 5.75 Å². The average molecular weight is 380 g/mol. The number of carbonyl (C=O) groups excluding carboxylic acids is 1. The standard InChI is InChI=1S/C18H21FN2O4S/c1-25-17-11-7-15(8-12-17)20-18(22)4-3-13-21(26(2,23)24)16-9-5-14(19)6-10-16/h5-12H,3-4,13H2,1-2H3,(H,20,22). The molecular formula is C18H21FN2O4S. The van der Waals surface area contributed by atoms with E-state index in [2.05, 4.69) is 5.32 Å². The molecule has 2 rings (SSSR count). The zero-order chi connectivity index (χ0) is 19.2. The van der Waals surface area contributed by atoms with E-state index in [0.717, 1.165) is 10.6 Å². The lowest BCUT2D eigenvalue weighted by molar-refractivity contribution is -0.116. The van der Waals surface area contributed by atoms with Crippen molar-refractivity contribution in [2.24, 2.45) is 0 Å². The fourth-order valence-corrected chi connectivity index (χ4v) is 3.34. The second kappa shape index (κ2) is 8.66. The summed E-state index contributed by atoms with van der Waals surface area (Å²) in [7, 11) is -1.97. The van der Waals surface area contributed by atoms with Crippen LogP contribution in [0.1, 0.15) is 12.8 Å². The molecular weight excluding hydrogens is 359 g/mol. The Morgan fingerprint density at radius 1 is 1.12 bits per heavy atom. The fourth-order valence-electron chi connectivity index (χ4n) is 2.37. The minimum Gasteiger partial charge on any atom is -0.497 e. The fraction of sp³-hybridized carbons (Fsp3) is 0.278.